The molecule has 0 saturated carbocycles. The standard InChI is InChI=1S/C13H23N3O/c1-3-11-10-15(2)6-7-16(11)12(9-14)13-5-4-8-17-13/h4-5,8,11-12H,3,6-7,9-10,14H2,1-2H3. The highest BCUT2D eigenvalue weighted by Crippen LogP contribution is 2.25. The van der Waals surface area contributed by atoms with Gasteiger partial charge in [-0.3, -0.25) is 4.90 Å². The third-order valence-electron chi connectivity index (χ3n) is 3.70. The van der Waals surface area contributed by atoms with E-state index in [1.165, 1.54) is 0 Å². The minimum absolute atomic E-state index is 0.226. The van der Waals surface area contributed by atoms with Crippen molar-refractivity contribution in [2.75, 3.05) is 33.2 Å². The Morgan fingerprint density at radius 1 is 1.53 bits per heavy atom. The molecule has 1 aliphatic heterocycles. The maximum Gasteiger partial charge on any atom is 0.122 e. The van der Waals surface area contributed by atoms with Crippen LogP contribution < -0.4 is 5.73 Å². The van der Waals surface area contributed by atoms with Crippen LogP contribution in [0.4, 0.5) is 0 Å². The molecule has 1 aromatic rings. The Kier molecular flexibility index (Phi) is 4.20. The fourth-order valence-electron chi connectivity index (χ4n) is 2.69. The van der Waals surface area contributed by atoms with Gasteiger partial charge in [-0.05, 0) is 25.6 Å². The third kappa shape index (κ3) is 2.70. The first-order valence-corrected chi connectivity index (χ1v) is 6.44. The van der Waals surface area contributed by atoms with E-state index in [1.807, 2.05) is 12.1 Å². The molecule has 1 aliphatic rings. The van der Waals surface area contributed by atoms with Crippen molar-refractivity contribution >= 4 is 0 Å². The quantitative estimate of drug-likeness (QED) is 0.857. The van der Waals surface area contributed by atoms with E-state index in [-0.39, 0.29) is 6.04 Å². The fraction of sp³-hybridized carbons (Fsp3) is 0.692. The molecule has 0 aliphatic carbocycles. The number of piperazine rings is 1. The lowest BCUT2D eigenvalue weighted by molar-refractivity contribution is 0.0443. The highest BCUT2D eigenvalue weighted by atomic mass is 16.3. The summed E-state index contributed by atoms with van der Waals surface area (Å²) in [6, 6.07) is 4.77. The Balaban J connectivity index is 2.13. The number of hydrogen-bond acceptors (Lipinski definition) is 4. The van der Waals surface area contributed by atoms with Crippen molar-refractivity contribution in [2.45, 2.75) is 25.4 Å². The van der Waals surface area contributed by atoms with Crippen LogP contribution in [0.15, 0.2) is 22.8 Å². The van der Waals surface area contributed by atoms with Gasteiger partial charge in [-0.25, -0.2) is 0 Å². The van der Waals surface area contributed by atoms with Crippen LogP contribution in [0, 0.1) is 0 Å². The highest BCUT2D eigenvalue weighted by Gasteiger charge is 2.31. The largest absolute Gasteiger partial charge is 0.468 e. The summed E-state index contributed by atoms with van der Waals surface area (Å²) in [6.07, 6.45) is 2.89. The second-order valence-corrected chi connectivity index (χ2v) is 4.83. The van der Waals surface area contributed by atoms with Crippen molar-refractivity contribution in [3.63, 3.8) is 0 Å². The Labute approximate surface area is 103 Å². The van der Waals surface area contributed by atoms with Crippen molar-refractivity contribution in [3.05, 3.63) is 24.2 Å². The van der Waals surface area contributed by atoms with Gasteiger partial charge in [0, 0.05) is 32.2 Å². The summed E-state index contributed by atoms with van der Waals surface area (Å²) in [5.74, 6) is 0.996. The second-order valence-electron chi connectivity index (χ2n) is 4.83. The van der Waals surface area contributed by atoms with E-state index in [1.54, 1.807) is 6.26 Å². The average Bonchev–Trinajstić information content (AvgIpc) is 2.85. The van der Waals surface area contributed by atoms with Crippen LogP contribution in [0.1, 0.15) is 25.1 Å². The number of nitrogens with zero attached hydrogens (tertiary/aromatic N) is 2. The van der Waals surface area contributed by atoms with Crippen molar-refractivity contribution in [2.24, 2.45) is 5.73 Å². The molecule has 0 spiro atoms. The first-order valence-electron chi connectivity index (χ1n) is 6.44. The van der Waals surface area contributed by atoms with Crippen LogP contribution in [0.3, 0.4) is 0 Å². The predicted molar refractivity (Wildman–Crippen MR) is 68.8 cm³/mol. The SMILES string of the molecule is CCC1CN(C)CCN1C(CN)c1ccco1. The minimum Gasteiger partial charge on any atom is -0.468 e. The lowest BCUT2D eigenvalue weighted by Crippen LogP contribution is -2.53. The zero-order chi connectivity index (χ0) is 12.3. The molecule has 0 amide bonds. The maximum atomic E-state index is 5.93. The van der Waals surface area contributed by atoms with Gasteiger partial charge in [0.2, 0.25) is 0 Å². The molecule has 1 aromatic heterocycles. The molecule has 2 N–H and O–H groups in total. The van der Waals surface area contributed by atoms with Crippen molar-refractivity contribution in [1.82, 2.24) is 9.80 Å². The minimum atomic E-state index is 0.226. The zero-order valence-electron chi connectivity index (χ0n) is 10.8. The van der Waals surface area contributed by atoms with E-state index < -0.39 is 0 Å². The van der Waals surface area contributed by atoms with E-state index in [0.29, 0.717) is 12.6 Å². The summed E-state index contributed by atoms with van der Waals surface area (Å²) in [5, 5.41) is 0. The molecule has 1 saturated heterocycles. The van der Waals surface area contributed by atoms with E-state index in [9.17, 15) is 0 Å². The van der Waals surface area contributed by atoms with Crippen LogP contribution in [-0.2, 0) is 0 Å². The molecule has 96 valence electrons. The Morgan fingerprint density at radius 3 is 2.94 bits per heavy atom. The maximum absolute atomic E-state index is 5.93. The summed E-state index contributed by atoms with van der Waals surface area (Å²) in [7, 11) is 2.18. The Hall–Kier alpha value is -0.840. The van der Waals surface area contributed by atoms with Gasteiger partial charge in [0.05, 0.1) is 12.3 Å². The van der Waals surface area contributed by atoms with Gasteiger partial charge in [-0.2, -0.15) is 0 Å². The van der Waals surface area contributed by atoms with Crippen LogP contribution >= 0.6 is 0 Å². The molecule has 2 rings (SSSR count). The number of likely N-dealkylation sites (N-methyl/N-ethyl adjacent to an activating group) is 1. The summed E-state index contributed by atoms with van der Waals surface area (Å²) >= 11 is 0. The summed E-state index contributed by atoms with van der Waals surface area (Å²) in [4.78, 5) is 4.89. The van der Waals surface area contributed by atoms with Crippen molar-refractivity contribution in [1.29, 1.82) is 0 Å². The monoisotopic (exact) mass is 237 g/mol. The van der Waals surface area contributed by atoms with Gasteiger partial charge in [-0.1, -0.05) is 6.92 Å². The number of rotatable bonds is 4. The van der Waals surface area contributed by atoms with E-state index >= 15 is 0 Å². The topological polar surface area (TPSA) is 45.6 Å². The fourth-order valence-corrected chi connectivity index (χ4v) is 2.69. The van der Waals surface area contributed by atoms with Gasteiger partial charge < -0.3 is 15.1 Å². The van der Waals surface area contributed by atoms with Gasteiger partial charge in [0.15, 0.2) is 0 Å². The first-order chi connectivity index (χ1) is 8.26. The molecule has 4 heteroatoms. The number of nitrogens with two attached hydrogens (primary N) is 1. The molecule has 1 fully saturated rings. The zero-order valence-corrected chi connectivity index (χ0v) is 10.8. The molecule has 0 bridgehead atoms. The van der Waals surface area contributed by atoms with Crippen LogP contribution in [0.25, 0.3) is 0 Å². The van der Waals surface area contributed by atoms with Crippen LogP contribution in [0.2, 0.25) is 0 Å². The highest BCUT2D eigenvalue weighted by molar-refractivity contribution is 5.06. The lowest BCUT2D eigenvalue weighted by Gasteiger charge is -2.43. The molecule has 0 radical (unpaired) electrons. The molecule has 2 heterocycles. The van der Waals surface area contributed by atoms with E-state index in [2.05, 4.69) is 23.8 Å². The van der Waals surface area contributed by atoms with Gasteiger partial charge >= 0.3 is 0 Å². The average molecular weight is 237 g/mol. The second kappa shape index (κ2) is 5.67. The Morgan fingerprint density at radius 2 is 2.35 bits per heavy atom. The van der Waals surface area contributed by atoms with E-state index in [4.69, 9.17) is 10.2 Å². The lowest BCUT2D eigenvalue weighted by atomic mass is 10.0. The van der Waals surface area contributed by atoms with Gasteiger partial charge in [0.1, 0.15) is 5.76 Å². The third-order valence-corrected chi connectivity index (χ3v) is 3.70. The number of hydrogen-bond donors (Lipinski definition) is 1. The summed E-state index contributed by atoms with van der Waals surface area (Å²) in [5.41, 5.74) is 5.93. The van der Waals surface area contributed by atoms with Gasteiger partial charge in [-0.15, -0.1) is 0 Å². The normalized spacial score (nSPS) is 25.0. The first kappa shape index (κ1) is 12.6. The summed E-state index contributed by atoms with van der Waals surface area (Å²) < 4.78 is 5.52. The van der Waals surface area contributed by atoms with Gasteiger partial charge in [0.25, 0.3) is 0 Å². The molecule has 2 unspecified atom stereocenters. The molecular formula is C13H23N3O. The molecule has 0 aromatic carbocycles. The smallest absolute Gasteiger partial charge is 0.122 e. The van der Waals surface area contributed by atoms with Crippen LogP contribution in [-0.4, -0.2) is 49.1 Å². The predicted octanol–water partition coefficient (Wildman–Crippen LogP) is 1.31. The molecule has 4 nitrogen and oxygen atoms in total. The van der Waals surface area contributed by atoms with Crippen molar-refractivity contribution < 1.29 is 4.42 Å². The van der Waals surface area contributed by atoms with Crippen LogP contribution in [0.5, 0.6) is 0 Å². The molecule has 2 atom stereocenters. The van der Waals surface area contributed by atoms with Crippen molar-refractivity contribution in [3.8, 4) is 0 Å². The molecule has 17 heavy (non-hydrogen) atoms. The van der Waals surface area contributed by atoms with E-state index in [0.717, 1.165) is 31.8 Å². The number of furan rings is 1. The molecular weight excluding hydrogens is 214 g/mol. The summed E-state index contributed by atoms with van der Waals surface area (Å²) in [6.45, 7) is 6.15. The Bertz CT molecular complexity index is 325.